The summed E-state index contributed by atoms with van der Waals surface area (Å²) in [6.45, 7) is 2.29. The van der Waals surface area contributed by atoms with Crippen molar-refractivity contribution in [2.24, 2.45) is 0 Å². The molecule has 1 unspecified atom stereocenters. The predicted molar refractivity (Wildman–Crippen MR) is 81.8 cm³/mol. The maximum absolute atomic E-state index is 5.38. The zero-order valence-electron chi connectivity index (χ0n) is 12.7. The van der Waals surface area contributed by atoms with Gasteiger partial charge in [-0.3, -0.25) is 0 Å². The molecule has 21 heavy (non-hydrogen) atoms. The van der Waals surface area contributed by atoms with E-state index in [0.29, 0.717) is 6.04 Å². The van der Waals surface area contributed by atoms with E-state index in [2.05, 4.69) is 40.3 Å². The number of hydrogen-bond acceptors (Lipinski definition) is 2. The first-order valence-corrected chi connectivity index (χ1v) is 7.51. The highest BCUT2D eigenvalue weighted by Crippen LogP contribution is 2.28. The van der Waals surface area contributed by atoms with Gasteiger partial charge in [-0.1, -0.05) is 6.07 Å². The Morgan fingerprint density at radius 1 is 1.19 bits per heavy atom. The van der Waals surface area contributed by atoms with Crippen LogP contribution in [-0.2, 0) is 13.0 Å². The number of ether oxygens (including phenoxy) is 2. The van der Waals surface area contributed by atoms with Crippen molar-refractivity contribution in [1.29, 1.82) is 0 Å². The number of nitrogens with zero attached hydrogens (tertiary/aromatic N) is 1. The van der Waals surface area contributed by atoms with Crippen LogP contribution in [0.15, 0.2) is 36.5 Å². The minimum absolute atomic E-state index is 0.557. The normalized spacial score (nSPS) is 17.3. The number of methoxy groups -OCH3 is 2. The monoisotopic (exact) mass is 287 g/mol. The molecule has 0 aliphatic carbocycles. The Balaban J connectivity index is 1.69. The highest BCUT2D eigenvalue weighted by atomic mass is 16.5. The van der Waals surface area contributed by atoms with Crippen LogP contribution in [0.2, 0.25) is 0 Å². The van der Waals surface area contributed by atoms with Gasteiger partial charge in [0, 0.05) is 12.6 Å². The predicted octanol–water partition coefficient (Wildman–Crippen LogP) is 1.76. The fraction of sp³-hybridized carbons (Fsp3) is 0.412. The minimum Gasteiger partial charge on any atom is -0.493 e. The van der Waals surface area contributed by atoms with Crippen molar-refractivity contribution in [3.05, 3.63) is 47.8 Å². The third kappa shape index (κ3) is 2.90. The van der Waals surface area contributed by atoms with Crippen molar-refractivity contribution in [2.45, 2.75) is 25.4 Å². The molecule has 0 spiro atoms. The first kappa shape index (κ1) is 14.0. The van der Waals surface area contributed by atoms with E-state index >= 15 is 0 Å². The molecule has 112 valence electrons. The second kappa shape index (κ2) is 6.22. The molecule has 0 bridgehead atoms. The summed E-state index contributed by atoms with van der Waals surface area (Å²) < 4.78 is 13.0. The molecular weight excluding hydrogens is 264 g/mol. The SMILES string of the molecule is COc1ccc(CCC2[NH2+]CCn3cccc32)cc1OC. The van der Waals surface area contributed by atoms with Gasteiger partial charge in [0.15, 0.2) is 11.5 Å². The Labute approximate surface area is 125 Å². The van der Waals surface area contributed by atoms with Gasteiger partial charge in [0.2, 0.25) is 0 Å². The van der Waals surface area contributed by atoms with Crippen LogP contribution in [0.5, 0.6) is 11.5 Å². The largest absolute Gasteiger partial charge is 0.493 e. The van der Waals surface area contributed by atoms with Crippen LogP contribution in [0.1, 0.15) is 23.7 Å². The lowest BCUT2D eigenvalue weighted by molar-refractivity contribution is -0.703. The lowest BCUT2D eigenvalue weighted by atomic mass is 10.0. The molecule has 0 radical (unpaired) electrons. The van der Waals surface area contributed by atoms with Crippen LogP contribution in [0, 0.1) is 0 Å². The summed E-state index contributed by atoms with van der Waals surface area (Å²) >= 11 is 0. The van der Waals surface area contributed by atoms with Gasteiger partial charge in [-0.25, -0.2) is 0 Å². The molecule has 3 rings (SSSR count). The van der Waals surface area contributed by atoms with E-state index in [1.54, 1.807) is 14.2 Å². The van der Waals surface area contributed by atoms with Crippen LogP contribution in [0.25, 0.3) is 0 Å². The molecule has 0 amide bonds. The first-order valence-electron chi connectivity index (χ1n) is 7.51. The lowest BCUT2D eigenvalue weighted by Crippen LogP contribution is -2.87. The third-order valence-corrected chi connectivity index (χ3v) is 4.26. The molecule has 2 heterocycles. The second-order valence-electron chi connectivity index (χ2n) is 5.49. The summed E-state index contributed by atoms with van der Waals surface area (Å²) in [4.78, 5) is 0. The summed E-state index contributed by atoms with van der Waals surface area (Å²) in [5, 5.41) is 2.45. The van der Waals surface area contributed by atoms with Crippen molar-refractivity contribution >= 4 is 0 Å². The number of aryl methyl sites for hydroxylation is 1. The van der Waals surface area contributed by atoms with E-state index in [4.69, 9.17) is 9.47 Å². The summed E-state index contributed by atoms with van der Waals surface area (Å²) in [6, 6.07) is 11.2. The highest BCUT2D eigenvalue weighted by Gasteiger charge is 2.22. The summed E-state index contributed by atoms with van der Waals surface area (Å²) in [5.41, 5.74) is 2.74. The quantitative estimate of drug-likeness (QED) is 0.910. The number of quaternary nitrogens is 1. The molecule has 4 heteroatoms. The van der Waals surface area contributed by atoms with Crippen molar-refractivity contribution in [2.75, 3.05) is 20.8 Å². The van der Waals surface area contributed by atoms with E-state index in [9.17, 15) is 0 Å². The number of nitrogens with two attached hydrogens (primary N) is 1. The fourth-order valence-electron chi connectivity index (χ4n) is 3.13. The number of rotatable bonds is 5. The Morgan fingerprint density at radius 3 is 2.86 bits per heavy atom. The smallest absolute Gasteiger partial charge is 0.160 e. The zero-order valence-corrected chi connectivity index (χ0v) is 12.7. The van der Waals surface area contributed by atoms with Gasteiger partial charge in [0.1, 0.15) is 6.04 Å². The molecule has 1 atom stereocenters. The van der Waals surface area contributed by atoms with Gasteiger partial charge >= 0.3 is 0 Å². The summed E-state index contributed by atoms with van der Waals surface area (Å²) in [5.74, 6) is 1.60. The zero-order chi connectivity index (χ0) is 14.7. The minimum atomic E-state index is 0.557. The van der Waals surface area contributed by atoms with Crippen LogP contribution in [0.3, 0.4) is 0 Å². The maximum Gasteiger partial charge on any atom is 0.160 e. The van der Waals surface area contributed by atoms with Gasteiger partial charge in [0.25, 0.3) is 0 Å². The molecule has 0 fully saturated rings. The Bertz CT molecular complexity index is 607. The van der Waals surface area contributed by atoms with Gasteiger partial charge < -0.3 is 19.4 Å². The molecule has 2 aromatic rings. The summed E-state index contributed by atoms with van der Waals surface area (Å²) in [6.07, 6.45) is 4.37. The molecule has 4 nitrogen and oxygen atoms in total. The van der Waals surface area contributed by atoms with Crippen molar-refractivity contribution < 1.29 is 14.8 Å². The Kier molecular flexibility index (Phi) is 4.15. The van der Waals surface area contributed by atoms with E-state index in [1.165, 1.54) is 11.3 Å². The Hall–Kier alpha value is -1.94. The van der Waals surface area contributed by atoms with Gasteiger partial charge in [-0.2, -0.15) is 0 Å². The second-order valence-corrected chi connectivity index (χ2v) is 5.49. The van der Waals surface area contributed by atoms with Crippen LogP contribution >= 0.6 is 0 Å². The van der Waals surface area contributed by atoms with Crippen LogP contribution < -0.4 is 14.8 Å². The van der Waals surface area contributed by atoms with E-state index in [1.807, 2.05) is 6.07 Å². The molecule has 0 saturated carbocycles. The van der Waals surface area contributed by atoms with Crippen LogP contribution in [-0.4, -0.2) is 25.3 Å². The number of aromatic nitrogens is 1. The van der Waals surface area contributed by atoms with Gasteiger partial charge in [0.05, 0.1) is 33.0 Å². The Morgan fingerprint density at radius 2 is 2.05 bits per heavy atom. The molecule has 1 aliphatic heterocycles. The maximum atomic E-state index is 5.38. The average Bonchev–Trinajstić information content (AvgIpc) is 3.01. The van der Waals surface area contributed by atoms with E-state index in [0.717, 1.165) is 37.4 Å². The van der Waals surface area contributed by atoms with Gasteiger partial charge in [-0.15, -0.1) is 0 Å². The number of hydrogen-bond donors (Lipinski definition) is 1. The molecular formula is C17H23N2O2+. The van der Waals surface area contributed by atoms with Crippen molar-refractivity contribution in [3.8, 4) is 11.5 Å². The molecule has 2 N–H and O–H groups in total. The number of fused-ring (bicyclic) bond motifs is 1. The van der Waals surface area contributed by atoms with Gasteiger partial charge in [-0.05, 0) is 36.2 Å². The molecule has 1 aliphatic rings. The van der Waals surface area contributed by atoms with E-state index in [-0.39, 0.29) is 0 Å². The summed E-state index contributed by atoms with van der Waals surface area (Å²) in [7, 11) is 3.35. The lowest BCUT2D eigenvalue weighted by Gasteiger charge is -2.23. The standard InChI is InChI=1S/C17H22N2O2/c1-20-16-8-6-13(12-17(16)21-2)5-7-14-15-4-3-10-19(15)11-9-18-14/h3-4,6,8,10,12,14,18H,5,7,9,11H2,1-2H3/p+1. The molecule has 0 saturated heterocycles. The van der Waals surface area contributed by atoms with Crippen molar-refractivity contribution in [3.63, 3.8) is 0 Å². The first-order chi connectivity index (χ1) is 10.3. The average molecular weight is 287 g/mol. The third-order valence-electron chi connectivity index (χ3n) is 4.26. The topological polar surface area (TPSA) is 40.0 Å². The molecule has 1 aromatic carbocycles. The highest BCUT2D eigenvalue weighted by molar-refractivity contribution is 5.42. The van der Waals surface area contributed by atoms with E-state index < -0.39 is 0 Å². The molecule has 1 aromatic heterocycles. The van der Waals surface area contributed by atoms with Crippen LogP contribution in [0.4, 0.5) is 0 Å². The van der Waals surface area contributed by atoms with Crippen molar-refractivity contribution in [1.82, 2.24) is 4.57 Å². The fourth-order valence-corrected chi connectivity index (χ4v) is 3.13. The number of benzene rings is 1.